The molecule has 0 atom stereocenters. The van der Waals surface area contributed by atoms with Crippen molar-refractivity contribution >= 4 is 28.2 Å². The van der Waals surface area contributed by atoms with Gasteiger partial charge < -0.3 is 4.74 Å². The number of rotatable bonds is 6. The summed E-state index contributed by atoms with van der Waals surface area (Å²) in [5, 5.41) is -0.404. The fourth-order valence-electron chi connectivity index (χ4n) is 2.94. The Labute approximate surface area is 173 Å². The maximum atomic E-state index is 11.2. The van der Waals surface area contributed by atoms with Gasteiger partial charge >= 0.3 is 0 Å². The molecular weight excluding hydrogens is 388 g/mol. The molecule has 4 rings (SSSR count). The van der Waals surface area contributed by atoms with Crippen LogP contribution in [0.1, 0.15) is 20.1 Å². The van der Waals surface area contributed by atoms with Gasteiger partial charge in [0.15, 0.2) is 0 Å². The molecule has 0 aliphatic heterocycles. The van der Waals surface area contributed by atoms with E-state index in [1.807, 2.05) is 60.7 Å². The largest absolute Gasteiger partial charge is 0.457 e. The van der Waals surface area contributed by atoms with Crippen LogP contribution in [0.25, 0.3) is 11.1 Å². The standard InChI is InChI=1S/C24H17ClO2S/c25-24(26)23-15-14-22(28-23)16-17-6-10-20(11-7-17)27-21-12-8-19(9-13-21)18-4-2-1-3-5-18/h1-15H,16H2. The number of ether oxygens (including phenoxy) is 1. The van der Waals surface area contributed by atoms with Crippen LogP contribution in [-0.4, -0.2) is 5.24 Å². The molecular formula is C24H17ClO2S. The number of benzene rings is 3. The van der Waals surface area contributed by atoms with Gasteiger partial charge in [0.25, 0.3) is 5.24 Å². The summed E-state index contributed by atoms with van der Waals surface area (Å²) in [4.78, 5) is 12.9. The number of halogens is 1. The molecule has 4 aromatic rings. The van der Waals surface area contributed by atoms with Gasteiger partial charge in [-0.05, 0) is 64.7 Å². The van der Waals surface area contributed by atoms with Crippen LogP contribution < -0.4 is 4.74 Å². The van der Waals surface area contributed by atoms with E-state index >= 15 is 0 Å². The number of thiophene rings is 1. The lowest BCUT2D eigenvalue weighted by Crippen LogP contribution is -1.87. The van der Waals surface area contributed by atoms with Gasteiger partial charge in [-0.15, -0.1) is 11.3 Å². The Morgan fingerprint density at radius 3 is 1.96 bits per heavy atom. The lowest BCUT2D eigenvalue weighted by Gasteiger charge is -2.08. The monoisotopic (exact) mass is 404 g/mol. The molecule has 0 bridgehead atoms. The van der Waals surface area contributed by atoms with Gasteiger partial charge in [0.05, 0.1) is 4.88 Å². The van der Waals surface area contributed by atoms with Crippen LogP contribution in [0.4, 0.5) is 0 Å². The molecule has 0 saturated carbocycles. The molecule has 0 aliphatic carbocycles. The second kappa shape index (κ2) is 8.42. The molecule has 1 aromatic heterocycles. The summed E-state index contributed by atoms with van der Waals surface area (Å²) in [6.45, 7) is 0. The summed E-state index contributed by atoms with van der Waals surface area (Å²) < 4.78 is 5.95. The van der Waals surface area contributed by atoms with Crippen molar-refractivity contribution in [3.63, 3.8) is 0 Å². The van der Waals surface area contributed by atoms with E-state index in [0.717, 1.165) is 33.9 Å². The Bertz CT molecular complexity index is 1070. The number of carbonyl (C=O) groups is 1. The smallest absolute Gasteiger partial charge is 0.262 e. The summed E-state index contributed by atoms with van der Waals surface area (Å²) in [6, 6.07) is 30.1. The average molecular weight is 405 g/mol. The van der Waals surface area contributed by atoms with E-state index in [4.69, 9.17) is 16.3 Å². The van der Waals surface area contributed by atoms with E-state index in [0.29, 0.717) is 4.88 Å². The summed E-state index contributed by atoms with van der Waals surface area (Å²) in [5.41, 5.74) is 3.50. The van der Waals surface area contributed by atoms with Crippen LogP contribution in [0.3, 0.4) is 0 Å². The highest BCUT2D eigenvalue weighted by Crippen LogP contribution is 2.27. The minimum atomic E-state index is -0.404. The highest BCUT2D eigenvalue weighted by Gasteiger charge is 2.07. The maximum absolute atomic E-state index is 11.2. The molecule has 0 radical (unpaired) electrons. The van der Waals surface area contributed by atoms with E-state index in [1.54, 1.807) is 6.07 Å². The Morgan fingerprint density at radius 1 is 0.750 bits per heavy atom. The van der Waals surface area contributed by atoms with E-state index in [-0.39, 0.29) is 0 Å². The van der Waals surface area contributed by atoms with Gasteiger partial charge in [-0.2, -0.15) is 0 Å². The molecule has 1 heterocycles. The predicted octanol–water partition coefficient (Wildman–Crippen LogP) is 7.18. The highest BCUT2D eigenvalue weighted by molar-refractivity contribution is 7.15. The molecule has 2 nitrogen and oxygen atoms in total. The van der Waals surface area contributed by atoms with Crippen LogP contribution >= 0.6 is 22.9 Å². The number of hydrogen-bond donors (Lipinski definition) is 0. The fourth-order valence-corrected chi connectivity index (χ4v) is 3.99. The van der Waals surface area contributed by atoms with Crippen molar-refractivity contribution < 1.29 is 9.53 Å². The van der Waals surface area contributed by atoms with E-state index in [9.17, 15) is 4.79 Å². The minimum Gasteiger partial charge on any atom is -0.457 e. The first-order valence-electron chi connectivity index (χ1n) is 8.88. The third-order valence-corrected chi connectivity index (χ3v) is 5.75. The van der Waals surface area contributed by atoms with Gasteiger partial charge in [-0.3, -0.25) is 4.79 Å². The van der Waals surface area contributed by atoms with Crippen molar-refractivity contribution in [2.75, 3.05) is 0 Å². The van der Waals surface area contributed by atoms with Gasteiger partial charge in [-0.1, -0.05) is 54.6 Å². The molecule has 0 spiro atoms. The maximum Gasteiger partial charge on any atom is 0.262 e. The molecule has 0 amide bonds. The molecule has 0 aliphatic rings. The van der Waals surface area contributed by atoms with Crippen LogP contribution in [0.2, 0.25) is 0 Å². The minimum absolute atomic E-state index is 0.404. The summed E-state index contributed by atoms with van der Waals surface area (Å²) >= 11 is 6.95. The first-order chi connectivity index (χ1) is 13.7. The van der Waals surface area contributed by atoms with Crippen LogP contribution in [0.5, 0.6) is 11.5 Å². The number of hydrogen-bond acceptors (Lipinski definition) is 3. The molecule has 138 valence electrons. The van der Waals surface area contributed by atoms with E-state index in [1.165, 1.54) is 16.9 Å². The quantitative estimate of drug-likeness (QED) is 0.318. The van der Waals surface area contributed by atoms with Gasteiger partial charge in [0.1, 0.15) is 11.5 Å². The first-order valence-corrected chi connectivity index (χ1v) is 10.1. The van der Waals surface area contributed by atoms with Crippen molar-refractivity contribution in [3.05, 3.63) is 106 Å². The van der Waals surface area contributed by atoms with Gasteiger partial charge in [0.2, 0.25) is 0 Å². The van der Waals surface area contributed by atoms with Crippen molar-refractivity contribution in [2.24, 2.45) is 0 Å². The Hall–Kier alpha value is -2.88. The fraction of sp³-hybridized carbons (Fsp3) is 0.0417. The Balaban J connectivity index is 1.40. The lowest BCUT2D eigenvalue weighted by atomic mass is 10.1. The second-order valence-corrected chi connectivity index (χ2v) is 7.86. The van der Waals surface area contributed by atoms with Crippen molar-refractivity contribution in [1.29, 1.82) is 0 Å². The summed E-state index contributed by atoms with van der Waals surface area (Å²) in [7, 11) is 0. The molecule has 0 N–H and O–H groups in total. The molecule has 0 fully saturated rings. The van der Waals surface area contributed by atoms with E-state index in [2.05, 4.69) is 24.3 Å². The molecule has 4 heteroatoms. The third kappa shape index (κ3) is 4.50. The molecule has 28 heavy (non-hydrogen) atoms. The third-order valence-electron chi connectivity index (χ3n) is 4.35. The summed E-state index contributed by atoms with van der Waals surface area (Å²) in [5.74, 6) is 1.59. The normalized spacial score (nSPS) is 10.6. The zero-order valence-electron chi connectivity index (χ0n) is 15.0. The Kier molecular flexibility index (Phi) is 5.56. The van der Waals surface area contributed by atoms with Gasteiger partial charge in [-0.25, -0.2) is 0 Å². The molecule has 0 unspecified atom stereocenters. The first kappa shape index (κ1) is 18.5. The Morgan fingerprint density at radius 2 is 1.36 bits per heavy atom. The highest BCUT2D eigenvalue weighted by atomic mass is 35.5. The van der Waals surface area contributed by atoms with Crippen LogP contribution in [0.15, 0.2) is 91.0 Å². The van der Waals surface area contributed by atoms with E-state index < -0.39 is 5.24 Å². The topological polar surface area (TPSA) is 26.3 Å². The van der Waals surface area contributed by atoms with Crippen molar-refractivity contribution in [2.45, 2.75) is 6.42 Å². The SMILES string of the molecule is O=C(Cl)c1ccc(Cc2ccc(Oc3ccc(-c4ccccc4)cc3)cc2)s1. The molecule has 0 saturated heterocycles. The summed E-state index contributed by atoms with van der Waals surface area (Å²) in [6.07, 6.45) is 0.765. The van der Waals surface area contributed by atoms with Gasteiger partial charge in [0, 0.05) is 11.3 Å². The molecule has 3 aromatic carbocycles. The zero-order chi connectivity index (χ0) is 19.3. The van der Waals surface area contributed by atoms with Crippen LogP contribution in [0, 0.1) is 0 Å². The van der Waals surface area contributed by atoms with Crippen molar-refractivity contribution in [3.8, 4) is 22.6 Å². The lowest BCUT2D eigenvalue weighted by molar-refractivity contribution is 0.108. The average Bonchev–Trinajstić information content (AvgIpc) is 3.20. The number of carbonyl (C=O) groups excluding carboxylic acids is 1. The second-order valence-electron chi connectivity index (χ2n) is 6.35. The van der Waals surface area contributed by atoms with Crippen LogP contribution in [-0.2, 0) is 6.42 Å². The van der Waals surface area contributed by atoms with Crippen molar-refractivity contribution in [1.82, 2.24) is 0 Å². The zero-order valence-corrected chi connectivity index (χ0v) is 16.5. The predicted molar refractivity (Wildman–Crippen MR) is 116 cm³/mol.